The van der Waals surface area contributed by atoms with Crippen molar-refractivity contribution in [1.29, 1.82) is 0 Å². The van der Waals surface area contributed by atoms with Crippen LogP contribution in [0.5, 0.6) is 0 Å². The molecule has 0 aromatic heterocycles. The van der Waals surface area contributed by atoms with Gasteiger partial charge in [0.25, 0.3) is 0 Å². The summed E-state index contributed by atoms with van der Waals surface area (Å²) < 4.78 is 0. The van der Waals surface area contributed by atoms with Crippen LogP contribution in [0, 0.1) is 5.92 Å². The highest BCUT2D eigenvalue weighted by Crippen LogP contribution is 2.56. The van der Waals surface area contributed by atoms with Crippen LogP contribution in [-0.4, -0.2) is 29.9 Å². The molecule has 1 unspecified atom stereocenters. The van der Waals surface area contributed by atoms with E-state index in [0.717, 1.165) is 25.1 Å². The lowest BCUT2D eigenvalue weighted by Crippen LogP contribution is -2.42. The molecule has 1 aromatic carbocycles. The van der Waals surface area contributed by atoms with Gasteiger partial charge >= 0.3 is 0 Å². The second kappa shape index (κ2) is 5.80. The summed E-state index contributed by atoms with van der Waals surface area (Å²) >= 11 is 0. The van der Waals surface area contributed by atoms with Gasteiger partial charge in [0.1, 0.15) is 0 Å². The van der Waals surface area contributed by atoms with Crippen LogP contribution in [0.4, 0.5) is 0 Å². The van der Waals surface area contributed by atoms with E-state index in [-0.39, 0.29) is 17.9 Å². The van der Waals surface area contributed by atoms with Crippen LogP contribution in [0.15, 0.2) is 43.0 Å². The maximum Gasteiger partial charge on any atom is 0.233 e. The highest BCUT2D eigenvalue weighted by molar-refractivity contribution is 5.92. The van der Waals surface area contributed by atoms with Crippen LogP contribution in [0.25, 0.3) is 0 Å². The minimum Gasteiger partial charge on any atom is -0.342 e. The summed E-state index contributed by atoms with van der Waals surface area (Å²) in [5.74, 6) is 0.367. The zero-order valence-electron chi connectivity index (χ0n) is 12.4. The first-order valence-corrected chi connectivity index (χ1v) is 7.34. The van der Waals surface area contributed by atoms with Crippen molar-refractivity contribution in [3.8, 4) is 0 Å². The Morgan fingerprint density at radius 2 is 2.05 bits per heavy atom. The van der Waals surface area contributed by atoms with Crippen LogP contribution >= 0.6 is 0 Å². The lowest BCUT2D eigenvalue weighted by Gasteiger charge is -2.27. The Labute approximate surface area is 121 Å². The molecule has 1 aliphatic carbocycles. The van der Waals surface area contributed by atoms with E-state index in [0.29, 0.717) is 0 Å². The number of rotatable bonds is 6. The number of likely N-dealkylation sites (N-methyl/N-ethyl adjacent to an activating group) is 1. The molecule has 3 heteroatoms. The molecule has 1 aliphatic rings. The molecule has 1 fully saturated rings. The minimum absolute atomic E-state index is 0.130. The third-order valence-electron chi connectivity index (χ3n) is 4.47. The molecule has 0 heterocycles. The number of nitrogens with zero attached hydrogens (tertiary/aromatic N) is 1. The van der Waals surface area contributed by atoms with Gasteiger partial charge in [-0.05, 0) is 31.7 Å². The van der Waals surface area contributed by atoms with Gasteiger partial charge < -0.3 is 10.6 Å². The summed E-state index contributed by atoms with van der Waals surface area (Å²) in [7, 11) is 0. The minimum atomic E-state index is -0.444. The average Bonchev–Trinajstić information content (AvgIpc) is 3.25. The summed E-state index contributed by atoms with van der Waals surface area (Å²) in [5, 5.41) is 0. The number of amides is 1. The highest BCUT2D eigenvalue weighted by atomic mass is 16.2. The molecule has 3 atom stereocenters. The quantitative estimate of drug-likeness (QED) is 0.808. The van der Waals surface area contributed by atoms with Crippen molar-refractivity contribution in [2.45, 2.75) is 31.7 Å². The molecule has 108 valence electrons. The predicted molar refractivity (Wildman–Crippen MR) is 82.3 cm³/mol. The molecule has 0 saturated heterocycles. The molecular weight excluding hydrogens is 248 g/mol. The first-order chi connectivity index (χ1) is 9.61. The van der Waals surface area contributed by atoms with Crippen molar-refractivity contribution < 1.29 is 4.79 Å². The van der Waals surface area contributed by atoms with Crippen LogP contribution in [0.2, 0.25) is 0 Å². The Hall–Kier alpha value is -1.61. The maximum absolute atomic E-state index is 13.0. The number of carbonyl (C=O) groups excluding carboxylic acids is 1. The summed E-state index contributed by atoms with van der Waals surface area (Å²) in [4.78, 5) is 14.9. The monoisotopic (exact) mass is 272 g/mol. The third kappa shape index (κ3) is 2.27. The molecule has 2 N–H and O–H groups in total. The van der Waals surface area contributed by atoms with Crippen molar-refractivity contribution in [3.05, 3.63) is 48.6 Å². The Kier molecular flexibility index (Phi) is 4.29. The van der Waals surface area contributed by atoms with Gasteiger partial charge in [0.2, 0.25) is 5.91 Å². The van der Waals surface area contributed by atoms with Crippen molar-refractivity contribution in [2.75, 3.05) is 13.1 Å². The van der Waals surface area contributed by atoms with Gasteiger partial charge in [-0.1, -0.05) is 36.4 Å². The first-order valence-electron chi connectivity index (χ1n) is 7.34. The van der Waals surface area contributed by atoms with Gasteiger partial charge in [0.05, 0.1) is 5.41 Å². The smallest absolute Gasteiger partial charge is 0.233 e. The number of hydrogen-bond donors (Lipinski definition) is 1. The average molecular weight is 272 g/mol. The Bertz CT molecular complexity index is 481. The van der Waals surface area contributed by atoms with E-state index in [2.05, 4.69) is 6.58 Å². The molecule has 1 amide bonds. The van der Waals surface area contributed by atoms with Gasteiger partial charge in [-0.2, -0.15) is 0 Å². The lowest BCUT2D eigenvalue weighted by atomic mass is 9.89. The fourth-order valence-corrected chi connectivity index (χ4v) is 3.15. The van der Waals surface area contributed by atoms with Gasteiger partial charge in [0.15, 0.2) is 0 Å². The van der Waals surface area contributed by atoms with Crippen LogP contribution in [0.3, 0.4) is 0 Å². The SMILES string of the molecule is C=CC(N)[C@@H]1C[C@@]1(C(=O)N(CC)CC)c1ccccc1. The van der Waals surface area contributed by atoms with Crippen LogP contribution in [-0.2, 0) is 10.2 Å². The molecule has 0 bridgehead atoms. The van der Waals surface area contributed by atoms with E-state index in [1.54, 1.807) is 6.08 Å². The van der Waals surface area contributed by atoms with E-state index in [9.17, 15) is 4.79 Å². The molecule has 0 radical (unpaired) electrons. The summed E-state index contributed by atoms with van der Waals surface area (Å²) in [6.07, 6.45) is 2.57. The second-order valence-electron chi connectivity index (χ2n) is 5.44. The number of carbonyl (C=O) groups is 1. The van der Waals surface area contributed by atoms with E-state index in [1.807, 2.05) is 49.1 Å². The van der Waals surface area contributed by atoms with E-state index >= 15 is 0 Å². The predicted octanol–water partition coefficient (Wildman–Crippen LogP) is 2.33. The summed E-state index contributed by atoms with van der Waals surface area (Å²) in [5.41, 5.74) is 6.76. The molecule has 0 aliphatic heterocycles. The van der Waals surface area contributed by atoms with E-state index < -0.39 is 5.41 Å². The maximum atomic E-state index is 13.0. The van der Waals surface area contributed by atoms with Gasteiger partial charge in [-0.15, -0.1) is 6.58 Å². The topological polar surface area (TPSA) is 46.3 Å². The van der Waals surface area contributed by atoms with Gasteiger partial charge in [0, 0.05) is 19.1 Å². The lowest BCUT2D eigenvalue weighted by molar-refractivity contribution is -0.134. The largest absolute Gasteiger partial charge is 0.342 e. The second-order valence-corrected chi connectivity index (χ2v) is 5.44. The van der Waals surface area contributed by atoms with Gasteiger partial charge in [-0.3, -0.25) is 4.79 Å². The highest BCUT2D eigenvalue weighted by Gasteiger charge is 2.63. The molecule has 1 aromatic rings. The Morgan fingerprint density at radius 3 is 2.55 bits per heavy atom. The third-order valence-corrected chi connectivity index (χ3v) is 4.47. The van der Waals surface area contributed by atoms with E-state index in [1.165, 1.54) is 0 Å². The number of benzene rings is 1. The van der Waals surface area contributed by atoms with Crippen molar-refractivity contribution in [1.82, 2.24) is 4.90 Å². The van der Waals surface area contributed by atoms with Crippen molar-refractivity contribution >= 4 is 5.91 Å². The zero-order valence-corrected chi connectivity index (χ0v) is 12.4. The molecule has 3 nitrogen and oxygen atoms in total. The number of hydrogen-bond acceptors (Lipinski definition) is 2. The van der Waals surface area contributed by atoms with E-state index in [4.69, 9.17) is 5.73 Å². The standard InChI is InChI=1S/C17H24N2O/c1-4-15(18)14-12-17(14,13-10-8-7-9-11-13)16(20)19(5-2)6-3/h4,7-11,14-15H,1,5-6,12,18H2,2-3H3/t14-,15?,17+/m0/s1. The molecule has 1 saturated carbocycles. The molecule has 0 spiro atoms. The first kappa shape index (κ1) is 14.8. The Balaban J connectivity index is 2.38. The molecular formula is C17H24N2O. The van der Waals surface area contributed by atoms with Crippen LogP contribution in [0.1, 0.15) is 25.8 Å². The summed E-state index contributed by atoms with van der Waals surface area (Å²) in [6.45, 7) is 9.29. The zero-order chi connectivity index (χ0) is 14.8. The molecule has 2 rings (SSSR count). The summed E-state index contributed by atoms with van der Waals surface area (Å²) in [6, 6.07) is 9.90. The van der Waals surface area contributed by atoms with Crippen molar-refractivity contribution in [3.63, 3.8) is 0 Å². The van der Waals surface area contributed by atoms with Crippen LogP contribution < -0.4 is 5.73 Å². The normalized spacial score (nSPS) is 25.9. The van der Waals surface area contributed by atoms with Crippen molar-refractivity contribution in [2.24, 2.45) is 11.7 Å². The fourth-order valence-electron chi connectivity index (χ4n) is 3.15. The fraction of sp³-hybridized carbons (Fsp3) is 0.471. The van der Waals surface area contributed by atoms with Gasteiger partial charge in [-0.25, -0.2) is 0 Å². The Morgan fingerprint density at radius 1 is 1.45 bits per heavy atom. The number of nitrogens with two attached hydrogens (primary N) is 1. The molecule has 20 heavy (non-hydrogen) atoms.